The number of nitrogens with two attached hydrogens (primary N) is 1. The van der Waals surface area contributed by atoms with Crippen LogP contribution in [0.1, 0.15) is 38.7 Å². The van der Waals surface area contributed by atoms with Crippen LogP contribution in [0.3, 0.4) is 0 Å². The second kappa shape index (κ2) is 8.11. The van der Waals surface area contributed by atoms with Crippen molar-refractivity contribution in [1.82, 2.24) is 4.90 Å². The third kappa shape index (κ3) is 4.32. The van der Waals surface area contributed by atoms with E-state index in [-0.39, 0.29) is 24.4 Å². The summed E-state index contributed by atoms with van der Waals surface area (Å²) in [5.41, 5.74) is 6.97. The Hall–Kier alpha value is -1.88. The van der Waals surface area contributed by atoms with Gasteiger partial charge in [-0.3, -0.25) is 4.79 Å². The molecule has 0 aromatic heterocycles. The van der Waals surface area contributed by atoms with Gasteiger partial charge in [0, 0.05) is 6.54 Å². The number of carbonyl (C=O) groups excluding carboxylic acids is 2. The quantitative estimate of drug-likeness (QED) is 0.815. The molecule has 2 N–H and O–H groups in total. The van der Waals surface area contributed by atoms with Gasteiger partial charge in [-0.15, -0.1) is 0 Å². The van der Waals surface area contributed by atoms with E-state index < -0.39 is 12.1 Å². The van der Waals surface area contributed by atoms with E-state index in [0.29, 0.717) is 13.0 Å². The lowest BCUT2D eigenvalue weighted by Crippen LogP contribution is -2.51. The third-order valence-corrected chi connectivity index (χ3v) is 4.57. The lowest BCUT2D eigenvalue weighted by Gasteiger charge is -2.28. The summed E-state index contributed by atoms with van der Waals surface area (Å²) in [6.45, 7) is 4.78. The summed E-state index contributed by atoms with van der Waals surface area (Å²) >= 11 is 0. The van der Waals surface area contributed by atoms with Crippen molar-refractivity contribution in [1.29, 1.82) is 0 Å². The maximum Gasteiger partial charge on any atom is 0.329 e. The molecule has 0 radical (unpaired) electrons. The zero-order valence-electron chi connectivity index (χ0n) is 13.9. The van der Waals surface area contributed by atoms with Gasteiger partial charge in [0.2, 0.25) is 5.91 Å². The van der Waals surface area contributed by atoms with Crippen LogP contribution in [0.15, 0.2) is 30.3 Å². The van der Waals surface area contributed by atoms with E-state index in [9.17, 15) is 9.59 Å². The molecule has 5 heteroatoms. The van der Waals surface area contributed by atoms with Crippen molar-refractivity contribution < 1.29 is 14.3 Å². The van der Waals surface area contributed by atoms with E-state index in [2.05, 4.69) is 0 Å². The van der Waals surface area contributed by atoms with Crippen LogP contribution in [-0.4, -0.2) is 35.4 Å². The van der Waals surface area contributed by atoms with Gasteiger partial charge in [-0.25, -0.2) is 4.79 Å². The van der Waals surface area contributed by atoms with Crippen molar-refractivity contribution in [3.63, 3.8) is 0 Å². The zero-order valence-corrected chi connectivity index (χ0v) is 13.9. The Morgan fingerprint density at radius 1 is 1.35 bits per heavy atom. The van der Waals surface area contributed by atoms with E-state index in [1.165, 1.54) is 0 Å². The average Bonchev–Trinajstić information content (AvgIpc) is 3.08. The summed E-state index contributed by atoms with van der Waals surface area (Å²) in [5.74, 6) is -0.376. The van der Waals surface area contributed by atoms with Gasteiger partial charge in [0.1, 0.15) is 12.6 Å². The first-order valence-corrected chi connectivity index (χ1v) is 8.31. The summed E-state index contributed by atoms with van der Waals surface area (Å²) in [4.78, 5) is 26.5. The molecule has 126 valence electrons. The fraction of sp³-hybridized carbons (Fsp3) is 0.556. The van der Waals surface area contributed by atoms with Crippen LogP contribution >= 0.6 is 0 Å². The summed E-state index contributed by atoms with van der Waals surface area (Å²) in [5, 5.41) is 0. The largest absolute Gasteiger partial charge is 0.459 e. The second-order valence-corrected chi connectivity index (χ2v) is 6.19. The van der Waals surface area contributed by atoms with E-state index in [1.54, 1.807) is 4.90 Å². The van der Waals surface area contributed by atoms with Crippen LogP contribution < -0.4 is 5.73 Å². The molecule has 1 fully saturated rings. The molecule has 1 heterocycles. The third-order valence-electron chi connectivity index (χ3n) is 4.57. The number of esters is 1. The lowest BCUT2D eigenvalue weighted by molar-refractivity contribution is -0.155. The molecule has 1 aromatic rings. The molecule has 3 unspecified atom stereocenters. The Labute approximate surface area is 137 Å². The normalized spacial score (nSPS) is 20.1. The molecule has 23 heavy (non-hydrogen) atoms. The molecule has 5 nitrogen and oxygen atoms in total. The monoisotopic (exact) mass is 318 g/mol. The summed E-state index contributed by atoms with van der Waals surface area (Å²) < 4.78 is 5.39. The maximum atomic E-state index is 12.5. The Balaban J connectivity index is 1.95. The molecule has 3 atom stereocenters. The fourth-order valence-electron chi connectivity index (χ4n) is 2.79. The highest BCUT2D eigenvalue weighted by molar-refractivity contribution is 5.88. The molecule has 1 aliphatic rings. The first-order chi connectivity index (χ1) is 11.0. The molecule has 1 amide bonds. The van der Waals surface area contributed by atoms with Gasteiger partial charge >= 0.3 is 5.97 Å². The highest BCUT2D eigenvalue weighted by Gasteiger charge is 2.38. The molecule has 0 spiro atoms. The Morgan fingerprint density at radius 2 is 2.04 bits per heavy atom. The number of benzene rings is 1. The number of carbonyl (C=O) groups is 2. The molecule has 0 bridgehead atoms. The number of ether oxygens (including phenoxy) is 1. The summed E-state index contributed by atoms with van der Waals surface area (Å²) in [6, 6.07) is 8.48. The predicted octanol–water partition coefficient (Wildman–Crippen LogP) is 2.09. The van der Waals surface area contributed by atoms with Gasteiger partial charge in [0.05, 0.1) is 6.04 Å². The molecular formula is C18H26N2O3. The summed E-state index contributed by atoms with van der Waals surface area (Å²) in [6.07, 6.45) is 2.29. The first-order valence-electron chi connectivity index (χ1n) is 8.31. The van der Waals surface area contributed by atoms with Gasteiger partial charge < -0.3 is 15.4 Å². The van der Waals surface area contributed by atoms with Crippen LogP contribution in [0.25, 0.3) is 0 Å². The average molecular weight is 318 g/mol. The predicted molar refractivity (Wildman–Crippen MR) is 88.4 cm³/mol. The van der Waals surface area contributed by atoms with Gasteiger partial charge in [-0.2, -0.15) is 0 Å². The van der Waals surface area contributed by atoms with Gasteiger partial charge in [-0.05, 0) is 24.3 Å². The van der Waals surface area contributed by atoms with Crippen LogP contribution in [0.2, 0.25) is 0 Å². The van der Waals surface area contributed by atoms with Crippen LogP contribution in [0.4, 0.5) is 0 Å². The molecule has 0 saturated carbocycles. The number of hydrogen-bond acceptors (Lipinski definition) is 4. The second-order valence-electron chi connectivity index (χ2n) is 6.19. The highest BCUT2D eigenvalue weighted by atomic mass is 16.5. The van der Waals surface area contributed by atoms with Crippen LogP contribution in [0.5, 0.6) is 0 Å². The number of hydrogen-bond donors (Lipinski definition) is 1. The number of amides is 1. The van der Waals surface area contributed by atoms with Crippen molar-refractivity contribution >= 4 is 11.9 Å². The number of nitrogens with zero attached hydrogens (tertiary/aromatic N) is 1. The molecule has 1 aromatic carbocycles. The molecular weight excluding hydrogens is 292 g/mol. The highest BCUT2D eigenvalue weighted by Crippen LogP contribution is 2.21. The van der Waals surface area contributed by atoms with Crippen molar-refractivity contribution in [2.45, 2.75) is 51.8 Å². The Morgan fingerprint density at radius 3 is 2.70 bits per heavy atom. The zero-order chi connectivity index (χ0) is 16.8. The maximum absolute atomic E-state index is 12.5. The van der Waals surface area contributed by atoms with Gasteiger partial charge in [0.15, 0.2) is 0 Å². The number of likely N-dealkylation sites (tertiary alicyclic amines) is 1. The summed E-state index contributed by atoms with van der Waals surface area (Å²) in [7, 11) is 0. The smallest absolute Gasteiger partial charge is 0.329 e. The topological polar surface area (TPSA) is 72.6 Å². The molecule has 0 aliphatic carbocycles. The molecule has 2 rings (SSSR count). The molecule has 1 saturated heterocycles. The van der Waals surface area contributed by atoms with Crippen molar-refractivity contribution in [3.05, 3.63) is 35.9 Å². The van der Waals surface area contributed by atoms with E-state index in [4.69, 9.17) is 10.5 Å². The van der Waals surface area contributed by atoms with Crippen molar-refractivity contribution in [2.75, 3.05) is 6.54 Å². The Bertz CT molecular complexity index is 532. The minimum absolute atomic E-state index is 0.101. The molecule has 1 aliphatic heterocycles. The van der Waals surface area contributed by atoms with Gasteiger partial charge in [0.25, 0.3) is 0 Å². The van der Waals surface area contributed by atoms with Crippen LogP contribution in [0, 0.1) is 5.92 Å². The van der Waals surface area contributed by atoms with E-state index >= 15 is 0 Å². The van der Waals surface area contributed by atoms with Crippen LogP contribution in [-0.2, 0) is 20.9 Å². The lowest BCUT2D eigenvalue weighted by atomic mass is 9.98. The minimum atomic E-state index is -0.553. The standard InChI is InChI=1S/C18H26N2O3/c1-3-13(2)16(19)17(21)20-11-7-10-15(20)18(22)23-12-14-8-5-4-6-9-14/h4-6,8-9,13,15-16H,3,7,10-12,19H2,1-2H3. The minimum Gasteiger partial charge on any atom is -0.459 e. The van der Waals surface area contributed by atoms with Crippen molar-refractivity contribution in [2.24, 2.45) is 11.7 Å². The van der Waals surface area contributed by atoms with E-state index in [0.717, 1.165) is 18.4 Å². The van der Waals surface area contributed by atoms with E-state index in [1.807, 2.05) is 44.2 Å². The number of rotatable bonds is 6. The SMILES string of the molecule is CCC(C)C(N)C(=O)N1CCCC1C(=O)OCc1ccccc1. The Kier molecular flexibility index (Phi) is 6.16. The van der Waals surface area contributed by atoms with Crippen molar-refractivity contribution in [3.8, 4) is 0 Å². The van der Waals surface area contributed by atoms with Gasteiger partial charge in [-0.1, -0.05) is 50.6 Å². The fourth-order valence-corrected chi connectivity index (χ4v) is 2.79. The first kappa shape index (κ1) is 17.5.